The lowest BCUT2D eigenvalue weighted by Crippen LogP contribution is -2.16. The number of esters is 1. The summed E-state index contributed by atoms with van der Waals surface area (Å²) in [5, 5.41) is 0. The number of carbonyl (C=O) groups is 1. The molecule has 156 valence electrons. The van der Waals surface area contributed by atoms with Gasteiger partial charge in [0.05, 0.1) is 6.61 Å². The lowest BCUT2D eigenvalue weighted by Gasteiger charge is -2.09. The minimum absolute atomic E-state index is 0.0153. The Labute approximate surface area is 164 Å². The lowest BCUT2D eigenvalue weighted by molar-refractivity contribution is -0.143. The summed E-state index contributed by atoms with van der Waals surface area (Å²) in [6.07, 6.45) is 21.8. The van der Waals surface area contributed by atoms with Crippen LogP contribution in [0.4, 0.5) is 0 Å². The van der Waals surface area contributed by atoms with E-state index in [0.717, 1.165) is 19.4 Å². The van der Waals surface area contributed by atoms with Gasteiger partial charge < -0.3 is 9.64 Å². The van der Waals surface area contributed by atoms with Gasteiger partial charge in [0, 0.05) is 13.0 Å². The molecular formula is C23H47NO2. The van der Waals surface area contributed by atoms with Crippen molar-refractivity contribution in [3.63, 3.8) is 0 Å². The molecule has 3 heteroatoms. The molecule has 0 N–H and O–H groups in total. The van der Waals surface area contributed by atoms with Crippen LogP contribution in [0.15, 0.2) is 0 Å². The van der Waals surface area contributed by atoms with Crippen LogP contribution in [0, 0.1) is 0 Å². The van der Waals surface area contributed by atoms with Crippen molar-refractivity contribution in [2.45, 2.75) is 116 Å². The minimum Gasteiger partial charge on any atom is -0.466 e. The third kappa shape index (κ3) is 21.5. The monoisotopic (exact) mass is 369 g/mol. The fourth-order valence-electron chi connectivity index (χ4n) is 3.28. The molecule has 0 saturated carbocycles. The first kappa shape index (κ1) is 25.4. The SMILES string of the molecule is CCCCCCCCCCCCCCCCCC(=O)OCCCN(C)C. The highest BCUT2D eigenvalue weighted by atomic mass is 16.5. The summed E-state index contributed by atoms with van der Waals surface area (Å²) in [4.78, 5) is 13.7. The van der Waals surface area contributed by atoms with Crippen LogP contribution in [-0.2, 0) is 9.53 Å². The topological polar surface area (TPSA) is 29.5 Å². The molecule has 0 atom stereocenters. The Morgan fingerprint density at radius 2 is 1.08 bits per heavy atom. The predicted octanol–water partition coefficient (Wildman–Crippen LogP) is 6.74. The zero-order chi connectivity index (χ0) is 19.3. The molecule has 26 heavy (non-hydrogen) atoms. The van der Waals surface area contributed by atoms with Crippen LogP contribution in [-0.4, -0.2) is 38.1 Å². The molecule has 0 unspecified atom stereocenters. The quantitative estimate of drug-likeness (QED) is 0.176. The Bertz CT molecular complexity index is 292. The van der Waals surface area contributed by atoms with Crippen molar-refractivity contribution < 1.29 is 9.53 Å². The molecule has 0 aliphatic rings. The van der Waals surface area contributed by atoms with E-state index in [4.69, 9.17) is 4.74 Å². The molecule has 0 rings (SSSR count). The Balaban J connectivity index is 3.11. The van der Waals surface area contributed by atoms with Crippen LogP contribution in [0.3, 0.4) is 0 Å². The Morgan fingerprint density at radius 1 is 0.654 bits per heavy atom. The second-order valence-electron chi connectivity index (χ2n) is 8.08. The minimum atomic E-state index is -0.0153. The van der Waals surface area contributed by atoms with Gasteiger partial charge in [0.1, 0.15) is 0 Å². The summed E-state index contributed by atoms with van der Waals surface area (Å²) in [5.74, 6) is -0.0153. The van der Waals surface area contributed by atoms with Crippen molar-refractivity contribution in [3.8, 4) is 0 Å². The van der Waals surface area contributed by atoms with E-state index < -0.39 is 0 Å². The van der Waals surface area contributed by atoms with Crippen LogP contribution in [0.25, 0.3) is 0 Å². The highest BCUT2D eigenvalue weighted by molar-refractivity contribution is 5.69. The van der Waals surface area contributed by atoms with Crippen molar-refractivity contribution in [2.75, 3.05) is 27.2 Å². The number of hydrogen-bond acceptors (Lipinski definition) is 3. The maximum atomic E-state index is 11.6. The van der Waals surface area contributed by atoms with Crippen LogP contribution in [0.5, 0.6) is 0 Å². The highest BCUT2D eigenvalue weighted by Crippen LogP contribution is 2.13. The van der Waals surface area contributed by atoms with Crippen molar-refractivity contribution in [1.29, 1.82) is 0 Å². The summed E-state index contributed by atoms with van der Waals surface area (Å²) in [6, 6.07) is 0. The molecule has 0 spiro atoms. The molecule has 0 aromatic carbocycles. The average molecular weight is 370 g/mol. The Hall–Kier alpha value is -0.570. The third-order valence-corrected chi connectivity index (χ3v) is 5.00. The molecule has 0 saturated heterocycles. The van der Waals surface area contributed by atoms with E-state index in [1.807, 2.05) is 14.1 Å². The van der Waals surface area contributed by atoms with Gasteiger partial charge in [0.2, 0.25) is 0 Å². The van der Waals surface area contributed by atoms with Crippen molar-refractivity contribution in [1.82, 2.24) is 4.90 Å². The summed E-state index contributed by atoms with van der Waals surface area (Å²) in [6.45, 7) is 3.82. The highest BCUT2D eigenvalue weighted by Gasteiger charge is 2.02. The maximum absolute atomic E-state index is 11.6. The molecule has 0 aliphatic heterocycles. The predicted molar refractivity (Wildman–Crippen MR) is 114 cm³/mol. The number of ether oxygens (including phenoxy) is 1. The standard InChI is InChI=1S/C23H47NO2/c1-4-5-6-7-8-9-10-11-12-13-14-15-16-17-18-20-23(25)26-22-19-21-24(2)3/h4-22H2,1-3H3. The van der Waals surface area contributed by atoms with E-state index in [0.29, 0.717) is 13.0 Å². The van der Waals surface area contributed by atoms with Crippen LogP contribution in [0.1, 0.15) is 116 Å². The van der Waals surface area contributed by atoms with Gasteiger partial charge in [-0.25, -0.2) is 0 Å². The zero-order valence-corrected chi connectivity index (χ0v) is 18.2. The first-order chi connectivity index (χ1) is 12.7. The maximum Gasteiger partial charge on any atom is 0.305 e. The normalized spacial score (nSPS) is 11.2. The molecule has 0 aromatic heterocycles. The fourth-order valence-corrected chi connectivity index (χ4v) is 3.28. The summed E-state index contributed by atoms with van der Waals surface area (Å²) >= 11 is 0. The van der Waals surface area contributed by atoms with Gasteiger partial charge in [0.15, 0.2) is 0 Å². The van der Waals surface area contributed by atoms with E-state index in [2.05, 4.69) is 11.8 Å². The van der Waals surface area contributed by atoms with Gasteiger partial charge in [-0.2, -0.15) is 0 Å². The number of nitrogens with zero attached hydrogens (tertiary/aromatic N) is 1. The van der Waals surface area contributed by atoms with Crippen molar-refractivity contribution >= 4 is 5.97 Å². The van der Waals surface area contributed by atoms with Crippen LogP contribution >= 0.6 is 0 Å². The number of rotatable bonds is 20. The van der Waals surface area contributed by atoms with Gasteiger partial charge in [0.25, 0.3) is 0 Å². The van der Waals surface area contributed by atoms with E-state index in [1.165, 1.54) is 89.9 Å². The first-order valence-electron chi connectivity index (χ1n) is 11.5. The summed E-state index contributed by atoms with van der Waals surface area (Å²) in [7, 11) is 4.08. The molecule has 0 heterocycles. The number of hydrogen-bond donors (Lipinski definition) is 0. The van der Waals surface area contributed by atoms with E-state index in [-0.39, 0.29) is 5.97 Å². The number of unbranched alkanes of at least 4 members (excludes halogenated alkanes) is 14. The molecule has 0 aliphatic carbocycles. The van der Waals surface area contributed by atoms with Crippen molar-refractivity contribution in [3.05, 3.63) is 0 Å². The second-order valence-corrected chi connectivity index (χ2v) is 8.08. The molecule has 0 fully saturated rings. The van der Waals surface area contributed by atoms with E-state index in [1.54, 1.807) is 0 Å². The van der Waals surface area contributed by atoms with Gasteiger partial charge in [-0.1, -0.05) is 96.8 Å². The molecular weight excluding hydrogens is 322 g/mol. The molecule has 0 radical (unpaired) electrons. The Morgan fingerprint density at radius 3 is 1.50 bits per heavy atom. The second kappa shape index (κ2) is 20.7. The summed E-state index contributed by atoms with van der Waals surface area (Å²) < 4.78 is 5.25. The summed E-state index contributed by atoms with van der Waals surface area (Å²) in [5.41, 5.74) is 0. The van der Waals surface area contributed by atoms with Crippen LogP contribution < -0.4 is 0 Å². The van der Waals surface area contributed by atoms with Gasteiger partial charge in [-0.3, -0.25) is 4.79 Å². The van der Waals surface area contributed by atoms with E-state index in [9.17, 15) is 4.79 Å². The fraction of sp³-hybridized carbons (Fsp3) is 0.957. The smallest absolute Gasteiger partial charge is 0.305 e. The van der Waals surface area contributed by atoms with Gasteiger partial charge in [-0.05, 0) is 26.9 Å². The molecule has 0 aromatic rings. The first-order valence-corrected chi connectivity index (χ1v) is 11.5. The number of carbonyl (C=O) groups excluding carboxylic acids is 1. The lowest BCUT2D eigenvalue weighted by atomic mass is 10.0. The van der Waals surface area contributed by atoms with Gasteiger partial charge in [-0.15, -0.1) is 0 Å². The molecule has 0 bridgehead atoms. The zero-order valence-electron chi connectivity index (χ0n) is 18.2. The molecule has 3 nitrogen and oxygen atoms in total. The van der Waals surface area contributed by atoms with Crippen molar-refractivity contribution in [2.24, 2.45) is 0 Å². The Kier molecular flexibility index (Phi) is 20.3. The third-order valence-electron chi connectivity index (χ3n) is 5.00. The molecule has 0 amide bonds. The largest absolute Gasteiger partial charge is 0.466 e. The van der Waals surface area contributed by atoms with Gasteiger partial charge >= 0.3 is 5.97 Å². The average Bonchev–Trinajstić information content (AvgIpc) is 2.62. The van der Waals surface area contributed by atoms with E-state index >= 15 is 0 Å². The van der Waals surface area contributed by atoms with Crippen LogP contribution in [0.2, 0.25) is 0 Å².